The van der Waals surface area contributed by atoms with Gasteiger partial charge in [-0.2, -0.15) is 0 Å². The molecule has 2 nitrogen and oxygen atoms in total. The zero-order valence-corrected chi connectivity index (χ0v) is 9.16. The SMILES string of the molecule is CCC(O)(COC)Cc1ccccc1F. The fraction of sp³-hybridized carbons (Fsp3) is 0.500. The summed E-state index contributed by atoms with van der Waals surface area (Å²) in [4.78, 5) is 0. The topological polar surface area (TPSA) is 29.5 Å². The number of hydrogen-bond acceptors (Lipinski definition) is 2. The molecule has 1 atom stereocenters. The highest BCUT2D eigenvalue weighted by Gasteiger charge is 2.26. The van der Waals surface area contributed by atoms with Crippen LogP contribution in [0.15, 0.2) is 24.3 Å². The number of halogens is 1. The highest BCUT2D eigenvalue weighted by atomic mass is 19.1. The molecule has 1 rings (SSSR count). The molecule has 15 heavy (non-hydrogen) atoms. The molecule has 0 aliphatic rings. The van der Waals surface area contributed by atoms with E-state index in [9.17, 15) is 9.50 Å². The Morgan fingerprint density at radius 3 is 2.60 bits per heavy atom. The molecule has 0 bridgehead atoms. The third-order valence-electron chi connectivity index (χ3n) is 2.55. The van der Waals surface area contributed by atoms with Crippen LogP contribution in [0.25, 0.3) is 0 Å². The van der Waals surface area contributed by atoms with Crippen molar-refractivity contribution in [2.75, 3.05) is 13.7 Å². The number of hydrogen-bond donors (Lipinski definition) is 1. The highest BCUT2D eigenvalue weighted by Crippen LogP contribution is 2.19. The summed E-state index contributed by atoms with van der Waals surface area (Å²) in [5.41, 5.74) is -0.448. The molecule has 0 heterocycles. The molecule has 0 fully saturated rings. The molecular weight excluding hydrogens is 195 g/mol. The maximum absolute atomic E-state index is 13.3. The molecule has 1 N–H and O–H groups in total. The molecule has 0 aliphatic carbocycles. The van der Waals surface area contributed by atoms with Gasteiger partial charge in [-0.25, -0.2) is 4.39 Å². The summed E-state index contributed by atoms with van der Waals surface area (Å²) in [6.45, 7) is 2.08. The van der Waals surface area contributed by atoms with Crippen LogP contribution in [0.2, 0.25) is 0 Å². The minimum Gasteiger partial charge on any atom is -0.387 e. The molecule has 0 aromatic heterocycles. The van der Waals surface area contributed by atoms with E-state index < -0.39 is 5.60 Å². The molecule has 1 aromatic carbocycles. The first-order valence-corrected chi connectivity index (χ1v) is 5.06. The van der Waals surface area contributed by atoms with Crippen molar-refractivity contribution in [3.8, 4) is 0 Å². The first-order valence-electron chi connectivity index (χ1n) is 5.06. The van der Waals surface area contributed by atoms with Crippen LogP contribution < -0.4 is 0 Å². The van der Waals surface area contributed by atoms with Crippen LogP contribution in [0, 0.1) is 5.82 Å². The van der Waals surface area contributed by atoms with Crippen molar-refractivity contribution in [2.45, 2.75) is 25.4 Å². The molecule has 0 radical (unpaired) electrons. The van der Waals surface area contributed by atoms with Crippen LogP contribution in [0.4, 0.5) is 4.39 Å². The maximum Gasteiger partial charge on any atom is 0.126 e. The minimum absolute atomic E-state index is 0.220. The van der Waals surface area contributed by atoms with E-state index in [2.05, 4.69) is 0 Å². The summed E-state index contributed by atoms with van der Waals surface area (Å²) in [5, 5.41) is 10.1. The summed E-state index contributed by atoms with van der Waals surface area (Å²) in [6.07, 6.45) is 0.819. The Bertz CT molecular complexity index is 314. The lowest BCUT2D eigenvalue weighted by Gasteiger charge is -2.26. The van der Waals surface area contributed by atoms with Crippen molar-refractivity contribution in [1.82, 2.24) is 0 Å². The Kier molecular flexibility index (Phi) is 4.24. The molecule has 0 saturated heterocycles. The van der Waals surface area contributed by atoms with Crippen LogP contribution in [-0.2, 0) is 11.2 Å². The van der Waals surface area contributed by atoms with Crippen molar-refractivity contribution < 1.29 is 14.2 Å². The van der Waals surface area contributed by atoms with Crippen molar-refractivity contribution in [3.05, 3.63) is 35.6 Å². The Labute approximate surface area is 89.7 Å². The van der Waals surface area contributed by atoms with Gasteiger partial charge in [-0.15, -0.1) is 0 Å². The van der Waals surface area contributed by atoms with Crippen molar-refractivity contribution in [1.29, 1.82) is 0 Å². The Morgan fingerprint density at radius 1 is 1.40 bits per heavy atom. The zero-order valence-electron chi connectivity index (χ0n) is 9.16. The van der Waals surface area contributed by atoms with Gasteiger partial charge in [-0.3, -0.25) is 0 Å². The first-order chi connectivity index (χ1) is 7.11. The normalized spacial score (nSPS) is 14.9. The van der Waals surface area contributed by atoms with Gasteiger partial charge in [0.05, 0.1) is 12.2 Å². The number of rotatable bonds is 5. The summed E-state index contributed by atoms with van der Waals surface area (Å²) >= 11 is 0. The van der Waals surface area contributed by atoms with E-state index in [4.69, 9.17) is 4.74 Å². The average Bonchev–Trinajstić information content (AvgIpc) is 2.22. The second kappa shape index (κ2) is 5.24. The quantitative estimate of drug-likeness (QED) is 0.810. The van der Waals surface area contributed by atoms with Crippen molar-refractivity contribution in [2.24, 2.45) is 0 Å². The summed E-state index contributed by atoms with van der Waals surface area (Å²) in [5.74, 6) is -0.277. The predicted octanol–water partition coefficient (Wildman–Crippen LogP) is 2.16. The van der Waals surface area contributed by atoms with E-state index in [0.29, 0.717) is 12.0 Å². The molecule has 1 aromatic rings. The lowest BCUT2D eigenvalue weighted by atomic mass is 9.92. The van der Waals surface area contributed by atoms with Crippen molar-refractivity contribution in [3.63, 3.8) is 0 Å². The monoisotopic (exact) mass is 212 g/mol. The summed E-state index contributed by atoms with van der Waals surface area (Å²) < 4.78 is 18.3. The van der Waals surface area contributed by atoms with Gasteiger partial charge in [-0.1, -0.05) is 25.1 Å². The van der Waals surface area contributed by atoms with Crippen LogP contribution in [0.1, 0.15) is 18.9 Å². The number of aliphatic hydroxyl groups is 1. The molecular formula is C12H17FO2. The van der Waals surface area contributed by atoms with E-state index in [0.717, 1.165) is 0 Å². The molecule has 3 heteroatoms. The predicted molar refractivity (Wildman–Crippen MR) is 57.2 cm³/mol. The standard InChI is InChI=1S/C12H17FO2/c1-3-12(14,9-15-2)8-10-6-4-5-7-11(10)13/h4-7,14H,3,8-9H2,1-2H3. The molecule has 0 aliphatic heterocycles. The van der Waals surface area contributed by atoms with Gasteiger partial charge in [0.15, 0.2) is 0 Å². The number of benzene rings is 1. The van der Waals surface area contributed by atoms with Gasteiger partial charge < -0.3 is 9.84 Å². The van der Waals surface area contributed by atoms with E-state index in [1.165, 1.54) is 13.2 Å². The van der Waals surface area contributed by atoms with E-state index in [1.54, 1.807) is 18.2 Å². The molecule has 84 valence electrons. The molecule has 0 spiro atoms. The molecule has 1 unspecified atom stereocenters. The first kappa shape index (κ1) is 12.1. The van der Waals surface area contributed by atoms with Crippen molar-refractivity contribution >= 4 is 0 Å². The zero-order chi connectivity index (χ0) is 11.3. The van der Waals surface area contributed by atoms with Crippen LogP contribution in [0.3, 0.4) is 0 Å². The van der Waals surface area contributed by atoms with E-state index in [1.807, 2.05) is 6.92 Å². The maximum atomic E-state index is 13.3. The fourth-order valence-electron chi connectivity index (χ4n) is 1.54. The minimum atomic E-state index is -0.975. The third kappa shape index (κ3) is 3.29. The van der Waals surface area contributed by atoms with Gasteiger partial charge >= 0.3 is 0 Å². The Morgan fingerprint density at radius 2 is 2.07 bits per heavy atom. The number of methoxy groups -OCH3 is 1. The van der Waals surface area contributed by atoms with Crippen LogP contribution in [-0.4, -0.2) is 24.4 Å². The van der Waals surface area contributed by atoms with Gasteiger partial charge in [-0.05, 0) is 18.1 Å². The Hall–Kier alpha value is -0.930. The van der Waals surface area contributed by atoms with Gasteiger partial charge in [0.1, 0.15) is 5.82 Å². The smallest absolute Gasteiger partial charge is 0.126 e. The van der Waals surface area contributed by atoms with E-state index in [-0.39, 0.29) is 18.8 Å². The van der Waals surface area contributed by atoms with Crippen LogP contribution >= 0.6 is 0 Å². The number of ether oxygens (including phenoxy) is 1. The van der Waals surface area contributed by atoms with Gasteiger partial charge in [0.25, 0.3) is 0 Å². The second-order valence-corrected chi connectivity index (χ2v) is 3.78. The van der Waals surface area contributed by atoms with Gasteiger partial charge in [0.2, 0.25) is 0 Å². The lowest BCUT2D eigenvalue weighted by Crippen LogP contribution is -2.36. The largest absolute Gasteiger partial charge is 0.387 e. The second-order valence-electron chi connectivity index (χ2n) is 3.78. The highest BCUT2D eigenvalue weighted by molar-refractivity contribution is 5.19. The third-order valence-corrected chi connectivity index (χ3v) is 2.55. The van der Waals surface area contributed by atoms with Gasteiger partial charge in [0, 0.05) is 13.5 Å². The average molecular weight is 212 g/mol. The molecule has 0 saturated carbocycles. The summed E-state index contributed by atoms with van der Waals surface area (Å²) in [6, 6.07) is 6.49. The molecule has 0 amide bonds. The fourth-order valence-corrected chi connectivity index (χ4v) is 1.54. The van der Waals surface area contributed by atoms with Crippen LogP contribution in [0.5, 0.6) is 0 Å². The summed E-state index contributed by atoms with van der Waals surface area (Å²) in [7, 11) is 1.53. The lowest BCUT2D eigenvalue weighted by molar-refractivity contribution is -0.0338. The Balaban J connectivity index is 2.79. The van der Waals surface area contributed by atoms with E-state index >= 15 is 0 Å².